The molecular formula is C37H43FN8O2. The number of benzene rings is 1. The van der Waals surface area contributed by atoms with Gasteiger partial charge in [-0.05, 0) is 82.3 Å². The number of aromatic nitrogens is 4. The van der Waals surface area contributed by atoms with Crippen LogP contribution in [0.4, 0.5) is 21.6 Å². The Morgan fingerprint density at radius 1 is 1.02 bits per heavy atom. The molecule has 3 fully saturated rings. The van der Waals surface area contributed by atoms with Gasteiger partial charge in [-0.25, -0.2) is 14.4 Å². The van der Waals surface area contributed by atoms with Crippen molar-refractivity contribution in [3.63, 3.8) is 0 Å². The molecule has 0 bridgehead atoms. The van der Waals surface area contributed by atoms with Crippen LogP contribution < -0.4 is 10.2 Å². The average Bonchev–Trinajstić information content (AvgIpc) is 3.62. The molecular weight excluding hydrogens is 607 g/mol. The number of carbonyl (C=O) groups is 2. The highest BCUT2D eigenvalue weighted by Crippen LogP contribution is 2.52. The third-order valence-corrected chi connectivity index (χ3v) is 11.3. The number of amides is 2. The summed E-state index contributed by atoms with van der Waals surface area (Å²) in [5, 5.41) is 3.20. The van der Waals surface area contributed by atoms with E-state index < -0.39 is 11.2 Å². The number of likely N-dealkylation sites (tertiary alicyclic amines) is 2. The number of rotatable bonds is 7. The van der Waals surface area contributed by atoms with E-state index >= 15 is 0 Å². The van der Waals surface area contributed by atoms with Crippen molar-refractivity contribution in [2.24, 2.45) is 0 Å². The van der Waals surface area contributed by atoms with Crippen LogP contribution in [0.3, 0.4) is 0 Å². The van der Waals surface area contributed by atoms with E-state index in [1.807, 2.05) is 29.4 Å². The molecule has 2 amide bonds. The zero-order valence-corrected chi connectivity index (χ0v) is 27.8. The Labute approximate surface area is 280 Å². The summed E-state index contributed by atoms with van der Waals surface area (Å²) in [6, 6.07) is 10.5. The number of pyridine rings is 2. The lowest BCUT2D eigenvalue weighted by atomic mass is 9.73. The summed E-state index contributed by atoms with van der Waals surface area (Å²) in [5.41, 5.74) is 4.80. The van der Waals surface area contributed by atoms with Crippen molar-refractivity contribution < 1.29 is 14.0 Å². The number of hydrogen-bond donors (Lipinski definition) is 1. The third kappa shape index (κ3) is 5.05. The Bertz CT molecular complexity index is 1870. The second-order valence-corrected chi connectivity index (χ2v) is 13.8. The predicted molar refractivity (Wildman–Crippen MR) is 184 cm³/mol. The van der Waals surface area contributed by atoms with Crippen molar-refractivity contribution >= 4 is 40.0 Å². The molecule has 3 aromatic heterocycles. The van der Waals surface area contributed by atoms with Crippen LogP contribution >= 0.6 is 0 Å². The van der Waals surface area contributed by atoms with Crippen molar-refractivity contribution in [3.8, 4) is 11.3 Å². The monoisotopic (exact) mass is 650 g/mol. The quantitative estimate of drug-likeness (QED) is 0.261. The molecule has 8 rings (SSSR count). The molecule has 6 heterocycles. The van der Waals surface area contributed by atoms with Crippen molar-refractivity contribution in [2.45, 2.75) is 89.3 Å². The maximum Gasteiger partial charge on any atom is 0.238 e. The van der Waals surface area contributed by atoms with Gasteiger partial charge >= 0.3 is 0 Å². The van der Waals surface area contributed by atoms with Crippen LogP contribution in [-0.4, -0.2) is 79.4 Å². The minimum absolute atomic E-state index is 0.147. The number of fused-ring (bicyclic) bond motifs is 3. The zero-order valence-electron chi connectivity index (χ0n) is 27.8. The molecule has 10 nitrogen and oxygen atoms in total. The van der Waals surface area contributed by atoms with Crippen molar-refractivity contribution in [1.29, 1.82) is 0 Å². The molecule has 0 atom stereocenters. The first-order chi connectivity index (χ1) is 23.4. The topological polar surface area (TPSA) is 99.5 Å². The second-order valence-electron chi connectivity index (χ2n) is 13.8. The van der Waals surface area contributed by atoms with Gasteiger partial charge in [0, 0.05) is 55.6 Å². The normalized spacial score (nSPS) is 22.3. The van der Waals surface area contributed by atoms with Gasteiger partial charge < -0.3 is 24.6 Å². The first kappa shape index (κ1) is 30.9. The summed E-state index contributed by atoms with van der Waals surface area (Å²) in [4.78, 5) is 47.5. The van der Waals surface area contributed by atoms with E-state index in [0.717, 1.165) is 53.8 Å². The molecule has 3 aliphatic heterocycles. The maximum atomic E-state index is 14.7. The lowest BCUT2D eigenvalue weighted by Gasteiger charge is -2.48. The Hall–Kier alpha value is -4.38. The SMILES string of the molecule is CCC(=O)N1CCC2(CC1)C(=O)N([C@H]1C[C@@H](N3CCCCC3)C1)c1cc(-c3cc4ncn(CC)c4c(Nc4ccncc4F)n3)ccc12. The van der Waals surface area contributed by atoms with Crippen molar-refractivity contribution in [1.82, 2.24) is 29.3 Å². The van der Waals surface area contributed by atoms with E-state index in [2.05, 4.69) is 43.3 Å². The smallest absolute Gasteiger partial charge is 0.238 e. The summed E-state index contributed by atoms with van der Waals surface area (Å²) in [6.45, 7) is 8.10. The summed E-state index contributed by atoms with van der Waals surface area (Å²) in [7, 11) is 0. The molecule has 11 heteroatoms. The second kappa shape index (κ2) is 12.3. The van der Waals surface area contributed by atoms with E-state index in [1.165, 1.54) is 25.5 Å². The molecule has 0 unspecified atom stereocenters. The number of imidazole rings is 1. The highest BCUT2D eigenvalue weighted by molar-refractivity contribution is 6.09. The molecule has 48 heavy (non-hydrogen) atoms. The largest absolute Gasteiger partial charge is 0.343 e. The zero-order chi connectivity index (χ0) is 33.0. The summed E-state index contributed by atoms with van der Waals surface area (Å²) >= 11 is 0. The van der Waals surface area contributed by atoms with Crippen LogP contribution in [0.25, 0.3) is 22.3 Å². The van der Waals surface area contributed by atoms with Gasteiger partial charge in [0.05, 0.1) is 34.8 Å². The summed E-state index contributed by atoms with van der Waals surface area (Å²) in [5.74, 6) is 0.371. The first-order valence-corrected chi connectivity index (χ1v) is 17.6. The fourth-order valence-electron chi connectivity index (χ4n) is 8.48. The van der Waals surface area contributed by atoms with E-state index in [0.29, 0.717) is 56.5 Å². The van der Waals surface area contributed by atoms with Crippen molar-refractivity contribution in [3.05, 3.63) is 60.4 Å². The Balaban J connectivity index is 1.18. The molecule has 0 radical (unpaired) electrons. The van der Waals surface area contributed by atoms with Gasteiger partial charge in [0.1, 0.15) is 5.52 Å². The van der Waals surface area contributed by atoms with Crippen LogP contribution in [-0.2, 0) is 21.5 Å². The number of hydrogen-bond acceptors (Lipinski definition) is 7. The highest BCUT2D eigenvalue weighted by Gasteiger charge is 2.55. The molecule has 4 aliphatic rings. The minimum Gasteiger partial charge on any atom is -0.343 e. The van der Waals surface area contributed by atoms with Gasteiger partial charge in [0.2, 0.25) is 11.8 Å². The minimum atomic E-state index is -0.628. The van der Waals surface area contributed by atoms with Crippen LogP contribution in [0.2, 0.25) is 0 Å². The molecule has 1 aromatic carbocycles. The van der Waals surface area contributed by atoms with E-state index in [1.54, 1.807) is 18.6 Å². The number of nitrogens with one attached hydrogen (secondary N) is 1. The van der Waals surface area contributed by atoms with E-state index in [4.69, 9.17) is 4.98 Å². The van der Waals surface area contributed by atoms with Crippen LogP contribution in [0.15, 0.2) is 49.1 Å². The van der Waals surface area contributed by atoms with E-state index in [9.17, 15) is 14.0 Å². The molecule has 1 aliphatic carbocycles. The van der Waals surface area contributed by atoms with Crippen LogP contribution in [0.1, 0.15) is 70.8 Å². The van der Waals surface area contributed by atoms with E-state index in [-0.39, 0.29) is 23.5 Å². The summed E-state index contributed by atoms with van der Waals surface area (Å²) in [6.07, 6.45) is 12.0. The van der Waals surface area contributed by atoms with Crippen LogP contribution in [0, 0.1) is 5.82 Å². The molecule has 2 saturated heterocycles. The fraction of sp³-hybridized carbons (Fsp3) is 0.486. The number of anilines is 3. The molecule has 1 saturated carbocycles. The molecule has 1 spiro atoms. The number of halogens is 1. The Morgan fingerprint density at radius 3 is 2.54 bits per heavy atom. The number of piperidine rings is 2. The number of aryl methyl sites for hydroxylation is 1. The van der Waals surface area contributed by atoms with Gasteiger partial charge in [-0.3, -0.25) is 14.6 Å². The maximum absolute atomic E-state index is 14.7. The lowest BCUT2D eigenvalue weighted by molar-refractivity contribution is -0.135. The predicted octanol–water partition coefficient (Wildman–Crippen LogP) is 6.03. The highest BCUT2D eigenvalue weighted by atomic mass is 19.1. The molecule has 250 valence electrons. The van der Waals surface area contributed by atoms with Gasteiger partial charge in [-0.1, -0.05) is 25.5 Å². The Kier molecular flexibility index (Phi) is 7.89. The Morgan fingerprint density at radius 2 is 1.81 bits per heavy atom. The summed E-state index contributed by atoms with van der Waals surface area (Å²) < 4.78 is 16.7. The average molecular weight is 651 g/mol. The van der Waals surface area contributed by atoms with Gasteiger partial charge in [0.15, 0.2) is 11.6 Å². The van der Waals surface area contributed by atoms with Crippen LogP contribution in [0.5, 0.6) is 0 Å². The van der Waals surface area contributed by atoms with Gasteiger partial charge in [0.25, 0.3) is 0 Å². The van der Waals surface area contributed by atoms with Crippen molar-refractivity contribution in [2.75, 3.05) is 36.4 Å². The number of carbonyl (C=O) groups excluding carboxylic acids is 2. The first-order valence-electron chi connectivity index (χ1n) is 17.6. The van der Waals surface area contributed by atoms with Gasteiger partial charge in [-0.2, -0.15) is 0 Å². The number of nitrogens with zero attached hydrogens (tertiary/aromatic N) is 7. The van der Waals surface area contributed by atoms with Gasteiger partial charge in [-0.15, -0.1) is 0 Å². The third-order valence-electron chi connectivity index (χ3n) is 11.3. The fourth-order valence-corrected chi connectivity index (χ4v) is 8.48. The lowest BCUT2D eigenvalue weighted by Crippen LogP contribution is -2.58. The molecule has 1 N–H and O–H groups in total. The molecule has 4 aromatic rings. The standard InChI is InChI=1S/C37H43FN8O2/c1-3-33(47)45-16-11-37(12-17-45)27-9-8-24(18-32(27)46(36(37)48)26-19-25(20-26)44-14-6-5-7-15-44)30-21-31-34(43(4-2)23-40-31)35(42-30)41-29-10-13-39-22-28(29)38/h8-10,13,18,21-23,25-26H,3-7,11-12,14-17,19-20H2,1-2H3,(H,39,41,42)/t25-,26+.